The number of carbonyl (C=O) groups is 3. The van der Waals surface area contributed by atoms with Crippen molar-refractivity contribution in [1.82, 2.24) is 30.9 Å². The second-order valence-corrected chi connectivity index (χ2v) is 6.94. The molecule has 10 nitrogen and oxygen atoms in total. The lowest BCUT2D eigenvalue weighted by Gasteiger charge is -2.18. The number of hydrogen-bond acceptors (Lipinski definition) is 6. The van der Waals surface area contributed by atoms with Gasteiger partial charge in [0.25, 0.3) is 5.91 Å². The summed E-state index contributed by atoms with van der Waals surface area (Å²) in [5, 5.41) is 15.9. The van der Waals surface area contributed by atoms with Crippen LogP contribution in [-0.4, -0.2) is 51.4 Å². The van der Waals surface area contributed by atoms with Gasteiger partial charge in [-0.05, 0) is 38.5 Å². The molecule has 0 unspecified atom stereocenters. The molecular weight excluding hydrogens is 376 g/mol. The maximum Gasteiger partial charge on any atom is 0.252 e. The fraction of sp³-hybridized carbons (Fsp3) is 0.421. The summed E-state index contributed by atoms with van der Waals surface area (Å²) in [6.45, 7) is 5.99. The molecule has 2 heterocycles. The van der Waals surface area contributed by atoms with E-state index in [1.54, 1.807) is 42.9 Å². The van der Waals surface area contributed by atoms with Crippen LogP contribution < -0.4 is 20.7 Å². The van der Waals surface area contributed by atoms with E-state index in [1.807, 2.05) is 6.92 Å². The Kier molecular flexibility index (Phi) is 6.10. The Morgan fingerprint density at radius 1 is 1.10 bits per heavy atom. The zero-order chi connectivity index (χ0) is 21.0. The number of nitrogens with one attached hydrogen (secondary N) is 3. The van der Waals surface area contributed by atoms with Crippen molar-refractivity contribution >= 4 is 17.7 Å². The summed E-state index contributed by atoms with van der Waals surface area (Å²) in [5.41, 5.74) is 1.86. The van der Waals surface area contributed by atoms with Crippen LogP contribution in [-0.2, 0) is 22.7 Å². The smallest absolute Gasteiger partial charge is 0.252 e. The van der Waals surface area contributed by atoms with Crippen LogP contribution in [0.1, 0.15) is 35.5 Å². The molecule has 1 aliphatic heterocycles. The van der Waals surface area contributed by atoms with E-state index in [0.717, 1.165) is 5.56 Å². The van der Waals surface area contributed by atoms with Gasteiger partial charge in [0.15, 0.2) is 0 Å². The SMILES string of the molecule is Cc1ccc2cc1OCCn1cc(nn1)CNC(=O)[C@@H](C)NC(=O)[C@@H](C)NC2=O. The molecule has 0 radical (unpaired) electrons. The number of carbonyl (C=O) groups excluding carboxylic acids is 3. The zero-order valence-corrected chi connectivity index (χ0v) is 16.6. The molecule has 2 aromatic rings. The second-order valence-electron chi connectivity index (χ2n) is 6.94. The van der Waals surface area contributed by atoms with Crippen LogP contribution in [0.3, 0.4) is 0 Å². The summed E-state index contributed by atoms with van der Waals surface area (Å²) in [6.07, 6.45) is 1.72. The van der Waals surface area contributed by atoms with E-state index in [9.17, 15) is 14.4 Å². The van der Waals surface area contributed by atoms with Gasteiger partial charge in [-0.15, -0.1) is 5.10 Å². The number of amides is 3. The van der Waals surface area contributed by atoms with Crippen molar-refractivity contribution in [3.8, 4) is 5.75 Å². The summed E-state index contributed by atoms with van der Waals surface area (Å²) < 4.78 is 7.41. The highest BCUT2D eigenvalue weighted by Gasteiger charge is 2.22. The Labute approximate surface area is 168 Å². The summed E-state index contributed by atoms with van der Waals surface area (Å²) >= 11 is 0. The molecule has 3 amide bonds. The van der Waals surface area contributed by atoms with Gasteiger partial charge in [0, 0.05) is 5.56 Å². The number of rotatable bonds is 0. The molecule has 1 aliphatic rings. The highest BCUT2D eigenvalue weighted by Crippen LogP contribution is 2.20. The minimum absolute atomic E-state index is 0.188. The van der Waals surface area contributed by atoms with Gasteiger partial charge in [-0.25, -0.2) is 4.68 Å². The number of hydrogen-bond donors (Lipinski definition) is 3. The Bertz CT molecular complexity index is 925. The quantitative estimate of drug-likeness (QED) is 0.568. The number of fused-ring (bicyclic) bond motifs is 4. The summed E-state index contributed by atoms with van der Waals surface area (Å²) in [6, 6.07) is 3.51. The van der Waals surface area contributed by atoms with Crippen molar-refractivity contribution in [3.63, 3.8) is 0 Å². The van der Waals surface area contributed by atoms with Crippen LogP contribution in [0.15, 0.2) is 24.4 Å². The van der Waals surface area contributed by atoms with E-state index in [4.69, 9.17) is 4.74 Å². The lowest BCUT2D eigenvalue weighted by atomic mass is 10.1. The molecule has 2 atom stereocenters. The molecule has 1 aromatic carbocycles. The van der Waals surface area contributed by atoms with Gasteiger partial charge >= 0.3 is 0 Å². The Morgan fingerprint density at radius 3 is 2.66 bits per heavy atom. The van der Waals surface area contributed by atoms with Gasteiger partial charge in [0.1, 0.15) is 30.1 Å². The van der Waals surface area contributed by atoms with Crippen LogP contribution >= 0.6 is 0 Å². The van der Waals surface area contributed by atoms with Gasteiger partial charge in [-0.1, -0.05) is 11.3 Å². The lowest BCUT2D eigenvalue weighted by Crippen LogP contribution is -2.51. The molecule has 4 bridgehead atoms. The standard InChI is InChI=1S/C19H24N6O4/c1-11-4-5-14-8-16(11)29-7-6-25-10-15(23-24-25)9-20-17(26)12(2)21-18(27)13(3)22-19(14)28/h4-5,8,10,12-13H,6-7,9H2,1-3H3,(H,20,26)(H,21,27)(H,22,28)/t12-,13-/m1/s1. The molecule has 0 aliphatic carbocycles. The molecule has 0 fully saturated rings. The molecule has 29 heavy (non-hydrogen) atoms. The molecule has 0 spiro atoms. The molecule has 3 rings (SSSR count). The molecule has 3 N–H and O–H groups in total. The zero-order valence-electron chi connectivity index (χ0n) is 16.6. The lowest BCUT2D eigenvalue weighted by molar-refractivity contribution is -0.129. The molecule has 0 saturated carbocycles. The van der Waals surface area contributed by atoms with Crippen molar-refractivity contribution in [1.29, 1.82) is 0 Å². The first kappa shape index (κ1) is 20.3. The summed E-state index contributed by atoms with van der Waals surface area (Å²) in [7, 11) is 0. The van der Waals surface area contributed by atoms with Crippen molar-refractivity contribution in [2.75, 3.05) is 6.61 Å². The van der Waals surface area contributed by atoms with Crippen molar-refractivity contribution in [2.24, 2.45) is 0 Å². The molecular formula is C19H24N6O4. The van der Waals surface area contributed by atoms with E-state index in [0.29, 0.717) is 30.2 Å². The third-order valence-corrected chi connectivity index (χ3v) is 4.55. The maximum atomic E-state index is 12.5. The highest BCUT2D eigenvalue weighted by atomic mass is 16.5. The van der Waals surface area contributed by atoms with E-state index in [2.05, 4.69) is 26.3 Å². The average Bonchev–Trinajstić information content (AvgIpc) is 3.14. The molecule has 154 valence electrons. The van der Waals surface area contributed by atoms with E-state index < -0.39 is 23.9 Å². The Balaban J connectivity index is 1.83. The topological polar surface area (TPSA) is 127 Å². The van der Waals surface area contributed by atoms with Crippen LogP contribution in [0.2, 0.25) is 0 Å². The summed E-state index contributed by atoms with van der Waals surface area (Å²) in [4.78, 5) is 37.1. The fourth-order valence-electron chi connectivity index (χ4n) is 2.76. The van der Waals surface area contributed by atoms with E-state index in [1.165, 1.54) is 0 Å². The minimum atomic E-state index is -0.817. The van der Waals surface area contributed by atoms with Crippen molar-refractivity contribution < 1.29 is 19.1 Å². The number of ether oxygens (including phenoxy) is 1. The van der Waals surface area contributed by atoms with Gasteiger partial charge in [0.2, 0.25) is 11.8 Å². The fourth-order valence-corrected chi connectivity index (χ4v) is 2.76. The van der Waals surface area contributed by atoms with Crippen LogP contribution in [0.4, 0.5) is 0 Å². The summed E-state index contributed by atoms with van der Waals surface area (Å²) in [5.74, 6) is -0.649. The number of aromatic nitrogens is 3. The van der Waals surface area contributed by atoms with Gasteiger partial charge in [-0.2, -0.15) is 0 Å². The van der Waals surface area contributed by atoms with Gasteiger partial charge in [0.05, 0.1) is 19.3 Å². The predicted molar refractivity (Wildman–Crippen MR) is 103 cm³/mol. The molecule has 10 heteroatoms. The van der Waals surface area contributed by atoms with E-state index >= 15 is 0 Å². The third-order valence-electron chi connectivity index (χ3n) is 4.55. The van der Waals surface area contributed by atoms with Crippen LogP contribution in [0.5, 0.6) is 5.75 Å². The van der Waals surface area contributed by atoms with Crippen molar-refractivity contribution in [2.45, 2.75) is 45.9 Å². The first-order valence-electron chi connectivity index (χ1n) is 9.35. The van der Waals surface area contributed by atoms with Crippen LogP contribution in [0.25, 0.3) is 0 Å². The highest BCUT2D eigenvalue weighted by molar-refractivity contribution is 5.98. The number of aryl methyl sites for hydroxylation is 1. The first-order valence-corrected chi connectivity index (χ1v) is 9.35. The minimum Gasteiger partial charge on any atom is -0.491 e. The monoisotopic (exact) mass is 400 g/mol. The third kappa shape index (κ3) is 5.09. The normalized spacial score (nSPS) is 21.1. The van der Waals surface area contributed by atoms with Crippen LogP contribution in [0, 0.1) is 6.92 Å². The molecule has 0 saturated heterocycles. The Morgan fingerprint density at radius 2 is 1.86 bits per heavy atom. The number of nitrogens with zero attached hydrogens (tertiary/aromatic N) is 3. The average molecular weight is 400 g/mol. The number of benzene rings is 1. The van der Waals surface area contributed by atoms with Gasteiger partial charge in [-0.3, -0.25) is 14.4 Å². The largest absolute Gasteiger partial charge is 0.491 e. The van der Waals surface area contributed by atoms with Gasteiger partial charge < -0.3 is 20.7 Å². The van der Waals surface area contributed by atoms with E-state index in [-0.39, 0.29) is 12.5 Å². The second kappa shape index (κ2) is 8.72. The Hall–Kier alpha value is -3.43. The first-order chi connectivity index (χ1) is 13.8. The predicted octanol–water partition coefficient (Wildman–Crippen LogP) is -0.0817. The van der Waals surface area contributed by atoms with Crippen molar-refractivity contribution in [3.05, 3.63) is 41.2 Å². The maximum absolute atomic E-state index is 12.5. The molecule has 1 aromatic heterocycles.